The summed E-state index contributed by atoms with van der Waals surface area (Å²) < 4.78 is 90.9. The fourth-order valence-electron chi connectivity index (χ4n) is 3.92. The molecule has 0 aromatic heterocycles. The van der Waals surface area contributed by atoms with Gasteiger partial charge in [0, 0.05) is 32.2 Å². The van der Waals surface area contributed by atoms with Gasteiger partial charge in [-0.25, -0.2) is 12.8 Å². The third-order valence-corrected chi connectivity index (χ3v) is 7.49. The fraction of sp³-hybridized carbons (Fsp3) is 0.409. The van der Waals surface area contributed by atoms with Crippen LogP contribution in [0.2, 0.25) is 0 Å². The minimum atomic E-state index is -4.73. The summed E-state index contributed by atoms with van der Waals surface area (Å²) in [7, 11) is -3.87. The van der Waals surface area contributed by atoms with Gasteiger partial charge in [0.2, 0.25) is 15.9 Å². The molecular formula is C22H22F4N2O5S. The number of nitrogens with zero attached hydrogens (tertiary/aromatic N) is 2. The van der Waals surface area contributed by atoms with Crippen LogP contribution in [0.4, 0.5) is 17.6 Å². The third-order valence-electron chi connectivity index (χ3n) is 5.60. The molecule has 2 aliphatic heterocycles. The van der Waals surface area contributed by atoms with E-state index < -0.39 is 39.9 Å². The van der Waals surface area contributed by atoms with Gasteiger partial charge < -0.3 is 14.4 Å². The van der Waals surface area contributed by atoms with Gasteiger partial charge >= 0.3 is 6.18 Å². The van der Waals surface area contributed by atoms with Crippen LogP contribution in [0.1, 0.15) is 17.5 Å². The van der Waals surface area contributed by atoms with Crippen molar-refractivity contribution in [2.24, 2.45) is 0 Å². The fourth-order valence-corrected chi connectivity index (χ4v) is 5.40. The molecule has 34 heavy (non-hydrogen) atoms. The van der Waals surface area contributed by atoms with Gasteiger partial charge in [0.15, 0.2) is 11.5 Å². The highest BCUT2D eigenvalue weighted by atomic mass is 32.2. The molecule has 0 radical (unpaired) electrons. The molecule has 12 heteroatoms. The Labute approximate surface area is 193 Å². The second-order valence-corrected chi connectivity index (χ2v) is 9.90. The Morgan fingerprint density at radius 3 is 2.41 bits per heavy atom. The molecule has 1 amide bonds. The Kier molecular flexibility index (Phi) is 6.72. The number of amides is 1. The number of benzene rings is 2. The summed E-state index contributed by atoms with van der Waals surface area (Å²) >= 11 is 0. The number of carbonyl (C=O) groups excluding carboxylic acids is 1. The summed E-state index contributed by atoms with van der Waals surface area (Å²) in [6, 6.07) is 6.38. The zero-order chi connectivity index (χ0) is 24.5. The first-order valence-corrected chi connectivity index (χ1v) is 12.0. The first-order chi connectivity index (χ1) is 16.0. The van der Waals surface area contributed by atoms with Gasteiger partial charge in [-0.05, 0) is 42.3 Å². The minimum absolute atomic E-state index is 0.0134. The molecule has 0 saturated carbocycles. The van der Waals surface area contributed by atoms with Crippen LogP contribution in [0, 0.1) is 5.82 Å². The normalized spacial score (nSPS) is 17.4. The number of hydrogen-bond donors (Lipinski definition) is 0. The van der Waals surface area contributed by atoms with Gasteiger partial charge in [0.25, 0.3) is 0 Å². The second kappa shape index (κ2) is 9.41. The highest BCUT2D eigenvalue weighted by molar-refractivity contribution is 7.89. The standard InChI is InChI=1S/C22H22F4N2O5S/c23-17-11-15(10-16(13-17)22(24,25)26)12-21(29)27-4-1-5-28(7-6-27)34(30,31)18-2-3-19-20(14-18)33-9-8-32-19/h2-3,10-11,13-14H,1,4-9,12H2. The minimum Gasteiger partial charge on any atom is -0.486 e. The Morgan fingerprint density at radius 2 is 1.68 bits per heavy atom. The SMILES string of the molecule is O=C(Cc1cc(F)cc(C(F)(F)F)c1)N1CCCN(S(=O)(=O)c2ccc3c(c2)OCCO3)CC1. The van der Waals surface area contributed by atoms with Crippen LogP contribution in [0.25, 0.3) is 0 Å². The average Bonchev–Trinajstić information content (AvgIpc) is 3.05. The van der Waals surface area contributed by atoms with Crippen LogP contribution in [-0.4, -0.2) is 62.9 Å². The molecule has 7 nitrogen and oxygen atoms in total. The molecule has 0 unspecified atom stereocenters. The van der Waals surface area contributed by atoms with E-state index in [0.717, 1.165) is 12.1 Å². The number of fused-ring (bicyclic) bond motifs is 1. The predicted octanol–water partition coefficient (Wildman–Crippen LogP) is 3.08. The quantitative estimate of drug-likeness (QED) is 0.601. The van der Waals surface area contributed by atoms with Gasteiger partial charge in [-0.15, -0.1) is 0 Å². The van der Waals surface area contributed by atoms with E-state index in [-0.39, 0.29) is 36.6 Å². The van der Waals surface area contributed by atoms with Crippen molar-refractivity contribution in [3.63, 3.8) is 0 Å². The molecule has 4 rings (SSSR count). The van der Waals surface area contributed by atoms with Crippen LogP contribution < -0.4 is 9.47 Å². The smallest absolute Gasteiger partial charge is 0.416 e. The summed E-state index contributed by atoms with van der Waals surface area (Å²) in [5.41, 5.74) is -1.26. The lowest BCUT2D eigenvalue weighted by Crippen LogP contribution is -2.38. The molecular weight excluding hydrogens is 480 g/mol. The molecule has 0 spiro atoms. The molecule has 2 heterocycles. The molecule has 1 fully saturated rings. The molecule has 184 valence electrons. The number of ether oxygens (including phenoxy) is 2. The van der Waals surface area contributed by atoms with E-state index in [2.05, 4.69) is 0 Å². The van der Waals surface area contributed by atoms with Gasteiger partial charge in [0.05, 0.1) is 16.9 Å². The number of halogens is 4. The monoisotopic (exact) mass is 502 g/mol. The highest BCUT2D eigenvalue weighted by Gasteiger charge is 2.32. The van der Waals surface area contributed by atoms with Crippen LogP contribution in [0.3, 0.4) is 0 Å². The topological polar surface area (TPSA) is 76.2 Å². The number of sulfonamides is 1. The Bertz CT molecular complexity index is 1190. The Balaban J connectivity index is 1.44. The van der Waals surface area contributed by atoms with Gasteiger partial charge in [-0.2, -0.15) is 17.5 Å². The molecule has 1 saturated heterocycles. The predicted molar refractivity (Wildman–Crippen MR) is 112 cm³/mol. The maximum Gasteiger partial charge on any atom is 0.416 e. The molecule has 2 aliphatic rings. The molecule has 0 bridgehead atoms. The number of alkyl halides is 3. The molecule has 0 atom stereocenters. The molecule has 2 aromatic rings. The van der Waals surface area contributed by atoms with E-state index in [4.69, 9.17) is 9.47 Å². The molecule has 0 N–H and O–H groups in total. The summed E-state index contributed by atoms with van der Waals surface area (Å²) in [6.45, 7) is 1.16. The van der Waals surface area contributed by atoms with E-state index in [9.17, 15) is 30.8 Å². The summed E-state index contributed by atoms with van der Waals surface area (Å²) in [5, 5.41) is 0. The van der Waals surface area contributed by atoms with Crippen LogP contribution >= 0.6 is 0 Å². The molecule has 0 aliphatic carbocycles. The van der Waals surface area contributed by atoms with Crippen molar-refractivity contribution in [2.75, 3.05) is 39.4 Å². The zero-order valence-corrected chi connectivity index (χ0v) is 18.8. The third kappa shape index (κ3) is 5.27. The van der Waals surface area contributed by atoms with Crippen LogP contribution in [-0.2, 0) is 27.4 Å². The van der Waals surface area contributed by atoms with E-state index in [0.29, 0.717) is 37.2 Å². The first-order valence-electron chi connectivity index (χ1n) is 10.6. The number of rotatable bonds is 4. The van der Waals surface area contributed by atoms with E-state index in [1.165, 1.54) is 27.4 Å². The highest BCUT2D eigenvalue weighted by Crippen LogP contribution is 2.33. The summed E-state index contributed by atoms with van der Waals surface area (Å²) in [4.78, 5) is 14.1. The lowest BCUT2D eigenvalue weighted by atomic mass is 10.1. The van der Waals surface area contributed by atoms with Gasteiger partial charge in [-0.1, -0.05) is 0 Å². The first kappa shape index (κ1) is 24.3. The van der Waals surface area contributed by atoms with E-state index in [1.54, 1.807) is 0 Å². The Morgan fingerprint density at radius 1 is 0.941 bits per heavy atom. The Hall–Kier alpha value is -2.86. The maximum atomic E-state index is 13.6. The second-order valence-electron chi connectivity index (χ2n) is 7.97. The van der Waals surface area contributed by atoms with Crippen molar-refractivity contribution < 1.29 is 40.2 Å². The van der Waals surface area contributed by atoms with E-state index >= 15 is 0 Å². The molecule has 2 aromatic carbocycles. The maximum absolute atomic E-state index is 13.6. The summed E-state index contributed by atoms with van der Waals surface area (Å²) in [5.74, 6) is -0.779. The average molecular weight is 502 g/mol. The van der Waals surface area contributed by atoms with Gasteiger partial charge in [0.1, 0.15) is 19.0 Å². The van der Waals surface area contributed by atoms with Crippen LogP contribution in [0.5, 0.6) is 11.5 Å². The zero-order valence-electron chi connectivity index (χ0n) is 18.0. The van der Waals surface area contributed by atoms with Crippen molar-refractivity contribution in [2.45, 2.75) is 23.9 Å². The van der Waals surface area contributed by atoms with Crippen molar-refractivity contribution >= 4 is 15.9 Å². The number of hydrogen-bond acceptors (Lipinski definition) is 5. The van der Waals surface area contributed by atoms with Crippen LogP contribution in [0.15, 0.2) is 41.3 Å². The number of carbonyl (C=O) groups is 1. The largest absolute Gasteiger partial charge is 0.486 e. The van der Waals surface area contributed by atoms with Crippen molar-refractivity contribution in [3.8, 4) is 11.5 Å². The van der Waals surface area contributed by atoms with Crippen molar-refractivity contribution in [1.29, 1.82) is 0 Å². The van der Waals surface area contributed by atoms with E-state index in [1.807, 2.05) is 0 Å². The van der Waals surface area contributed by atoms with Crippen molar-refractivity contribution in [3.05, 3.63) is 53.3 Å². The lowest BCUT2D eigenvalue weighted by Gasteiger charge is -2.23. The summed E-state index contributed by atoms with van der Waals surface area (Å²) in [6.07, 6.45) is -4.81. The lowest BCUT2D eigenvalue weighted by molar-refractivity contribution is -0.138. The van der Waals surface area contributed by atoms with Crippen molar-refractivity contribution in [1.82, 2.24) is 9.21 Å². The van der Waals surface area contributed by atoms with Gasteiger partial charge in [-0.3, -0.25) is 4.79 Å².